The average molecular weight is 234 g/mol. The molecular formula is C14H22N2O. The Kier molecular flexibility index (Phi) is 5.16. The van der Waals surface area contributed by atoms with E-state index in [0.717, 1.165) is 5.56 Å². The second kappa shape index (κ2) is 6.40. The fourth-order valence-electron chi connectivity index (χ4n) is 1.76. The van der Waals surface area contributed by atoms with Gasteiger partial charge in [-0.05, 0) is 24.8 Å². The quantitative estimate of drug-likeness (QED) is 0.821. The summed E-state index contributed by atoms with van der Waals surface area (Å²) in [5.41, 5.74) is 6.93. The summed E-state index contributed by atoms with van der Waals surface area (Å²) >= 11 is 0. The van der Waals surface area contributed by atoms with Gasteiger partial charge in [-0.2, -0.15) is 0 Å². The molecule has 0 saturated carbocycles. The van der Waals surface area contributed by atoms with Crippen molar-refractivity contribution < 1.29 is 4.79 Å². The summed E-state index contributed by atoms with van der Waals surface area (Å²) in [6.07, 6.45) is 0.716. The van der Waals surface area contributed by atoms with Crippen molar-refractivity contribution in [3.05, 3.63) is 35.9 Å². The first-order chi connectivity index (χ1) is 8.00. The van der Waals surface area contributed by atoms with Crippen molar-refractivity contribution in [1.82, 2.24) is 5.32 Å². The molecule has 3 nitrogen and oxygen atoms in total. The van der Waals surface area contributed by atoms with Gasteiger partial charge in [-0.1, -0.05) is 44.2 Å². The molecule has 3 heteroatoms. The number of benzene rings is 1. The highest BCUT2D eigenvalue weighted by atomic mass is 16.2. The van der Waals surface area contributed by atoms with E-state index in [1.807, 2.05) is 37.3 Å². The lowest BCUT2D eigenvalue weighted by atomic mass is 10.0. The number of nitrogens with two attached hydrogens (primary N) is 1. The molecule has 17 heavy (non-hydrogen) atoms. The van der Waals surface area contributed by atoms with Gasteiger partial charge < -0.3 is 11.1 Å². The van der Waals surface area contributed by atoms with E-state index in [1.165, 1.54) is 0 Å². The smallest absolute Gasteiger partial charge is 0.237 e. The van der Waals surface area contributed by atoms with Gasteiger partial charge in [0.15, 0.2) is 0 Å². The van der Waals surface area contributed by atoms with E-state index < -0.39 is 6.04 Å². The van der Waals surface area contributed by atoms with E-state index in [1.54, 1.807) is 0 Å². The zero-order chi connectivity index (χ0) is 12.8. The van der Waals surface area contributed by atoms with Crippen molar-refractivity contribution in [1.29, 1.82) is 0 Å². The fourth-order valence-corrected chi connectivity index (χ4v) is 1.76. The Morgan fingerprint density at radius 1 is 1.24 bits per heavy atom. The molecule has 2 atom stereocenters. The van der Waals surface area contributed by atoms with Crippen molar-refractivity contribution in [2.75, 3.05) is 0 Å². The van der Waals surface area contributed by atoms with Gasteiger partial charge in [-0.15, -0.1) is 0 Å². The van der Waals surface area contributed by atoms with Crippen molar-refractivity contribution in [3.8, 4) is 0 Å². The standard InChI is InChI=1S/C14H22N2O/c1-10(2)9-13(15)14(17)16-11(3)12-7-5-4-6-8-12/h4-8,10-11,13H,9,15H2,1-3H3,(H,16,17)/t11-,13+/m0/s1. The summed E-state index contributed by atoms with van der Waals surface area (Å²) in [5.74, 6) is 0.359. The molecule has 0 aromatic heterocycles. The van der Waals surface area contributed by atoms with Gasteiger partial charge in [0.1, 0.15) is 0 Å². The van der Waals surface area contributed by atoms with Gasteiger partial charge in [0.2, 0.25) is 5.91 Å². The molecule has 1 aromatic rings. The van der Waals surface area contributed by atoms with Gasteiger partial charge in [-0.25, -0.2) is 0 Å². The largest absolute Gasteiger partial charge is 0.348 e. The van der Waals surface area contributed by atoms with E-state index in [9.17, 15) is 4.79 Å². The van der Waals surface area contributed by atoms with E-state index in [2.05, 4.69) is 19.2 Å². The molecular weight excluding hydrogens is 212 g/mol. The molecule has 0 radical (unpaired) electrons. The van der Waals surface area contributed by atoms with Crippen LogP contribution in [-0.2, 0) is 4.79 Å². The highest BCUT2D eigenvalue weighted by Crippen LogP contribution is 2.12. The topological polar surface area (TPSA) is 55.1 Å². The summed E-state index contributed by atoms with van der Waals surface area (Å²) in [5, 5.41) is 2.94. The van der Waals surface area contributed by atoms with Crippen LogP contribution in [-0.4, -0.2) is 11.9 Å². The Bertz CT molecular complexity index is 348. The molecule has 1 amide bonds. The molecule has 3 N–H and O–H groups in total. The highest BCUT2D eigenvalue weighted by molar-refractivity contribution is 5.81. The monoisotopic (exact) mass is 234 g/mol. The summed E-state index contributed by atoms with van der Waals surface area (Å²) in [7, 11) is 0. The summed E-state index contributed by atoms with van der Waals surface area (Å²) < 4.78 is 0. The Morgan fingerprint density at radius 2 is 1.82 bits per heavy atom. The molecule has 0 aliphatic heterocycles. The van der Waals surface area contributed by atoms with Gasteiger partial charge in [-0.3, -0.25) is 4.79 Å². The first kappa shape index (κ1) is 13.7. The molecule has 0 fully saturated rings. The van der Waals surface area contributed by atoms with E-state index >= 15 is 0 Å². The van der Waals surface area contributed by atoms with Gasteiger partial charge in [0, 0.05) is 0 Å². The number of hydrogen-bond acceptors (Lipinski definition) is 2. The third-order valence-electron chi connectivity index (χ3n) is 2.72. The molecule has 1 rings (SSSR count). The second-order valence-corrected chi connectivity index (χ2v) is 4.88. The number of carbonyl (C=O) groups excluding carboxylic acids is 1. The fraction of sp³-hybridized carbons (Fsp3) is 0.500. The third kappa shape index (κ3) is 4.57. The lowest BCUT2D eigenvalue weighted by molar-refractivity contribution is -0.123. The van der Waals surface area contributed by atoms with Crippen LogP contribution in [0.25, 0.3) is 0 Å². The van der Waals surface area contributed by atoms with E-state index in [-0.39, 0.29) is 11.9 Å². The summed E-state index contributed by atoms with van der Waals surface area (Å²) in [6, 6.07) is 9.47. The first-order valence-electron chi connectivity index (χ1n) is 6.11. The molecule has 0 bridgehead atoms. The van der Waals surface area contributed by atoms with Crippen molar-refractivity contribution in [2.24, 2.45) is 11.7 Å². The maximum absolute atomic E-state index is 11.8. The van der Waals surface area contributed by atoms with Gasteiger partial charge in [0.25, 0.3) is 0 Å². The predicted molar refractivity (Wildman–Crippen MR) is 70.4 cm³/mol. The van der Waals surface area contributed by atoms with E-state index in [4.69, 9.17) is 5.73 Å². The maximum Gasteiger partial charge on any atom is 0.237 e. The van der Waals surface area contributed by atoms with Crippen LogP contribution in [0.4, 0.5) is 0 Å². The van der Waals surface area contributed by atoms with Gasteiger partial charge in [0.05, 0.1) is 12.1 Å². The van der Waals surface area contributed by atoms with Crippen LogP contribution in [0.15, 0.2) is 30.3 Å². The van der Waals surface area contributed by atoms with Crippen LogP contribution < -0.4 is 11.1 Å². The van der Waals surface area contributed by atoms with Crippen molar-refractivity contribution >= 4 is 5.91 Å². The molecule has 0 saturated heterocycles. The minimum Gasteiger partial charge on any atom is -0.348 e. The summed E-state index contributed by atoms with van der Waals surface area (Å²) in [4.78, 5) is 11.8. The zero-order valence-electron chi connectivity index (χ0n) is 10.8. The van der Waals surface area contributed by atoms with Crippen LogP contribution in [0.5, 0.6) is 0 Å². The molecule has 0 aliphatic rings. The third-order valence-corrected chi connectivity index (χ3v) is 2.72. The minimum absolute atomic E-state index is 0.00177. The Balaban J connectivity index is 2.51. The zero-order valence-corrected chi connectivity index (χ0v) is 10.8. The predicted octanol–water partition coefficient (Wildman–Crippen LogP) is 2.24. The van der Waals surface area contributed by atoms with E-state index in [0.29, 0.717) is 12.3 Å². The molecule has 94 valence electrons. The van der Waals surface area contributed by atoms with Crippen LogP contribution in [0.1, 0.15) is 38.8 Å². The van der Waals surface area contributed by atoms with Crippen LogP contribution >= 0.6 is 0 Å². The number of hydrogen-bond donors (Lipinski definition) is 2. The lowest BCUT2D eigenvalue weighted by Gasteiger charge is -2.18. The lowest BCUT2D eigenvalue weighted by Crippen LogP contribution is -2.42. The van der Waals surface area contributed by atoms with Gasteiger partial charge >= 0.3 is 0 Å². The van der Waals surface area contributed by atoms with Crippen molar-refractivity contribution in [2.45, 2.75) is 39.3 Å². The number of carbonyl (C=O) groups is 1. The first-order valence-corrected chi connectivity index (χ1v) is 6.11. The molecule has 0 unspecified atom stereocenters. The highest BCUT2D eigenvalue weighted by Gasteiger charge is 2.17. The maximum atomic E-state index is 11.8. The molecule has 0 spiro atoms. The SMILES string of the molecule is CC(C)C[C@@H](N)C(=O)N[C@@H](C)c1ccccc1. The van der Waals surface area contributed by atoms with Crippen LogP contribution in [0.3, 0.4) is 0 Å². The molecule has 0 aliphatic carbocycles. The Morgan fingerprint density at radius 3 is 2.35 bits per heavy atom. The molecule has 0 heterocycles. The van der Waals surface area contributed by atoms with Crippen LogP contribution in [0.2, 0.25) is 0 Å². The number of nitrogens with one attached hydrogen (secondary N) is 1. The minimum atomic E-state index is -0.416. The molecule has 1 aromatic carbocycles. The number of rotatable bonds is 5. The Hall–Kier alpha value is -1.35. The van der Waals surface area contributed by atoms with Crippen LogP contribution in [0, 0.1) is 5.92 Å². The van der Waals surface area contributed by atoms with Crippen molar-refractivity contribution in [3.63, 3.8) is 0 Å². The average Bonchev–Trinajstić information content (AvgIpc) is 2.29. The summed E-state index contributed by atoms with van der Waals surface area (Å²) in [6.45, 7) is 6.09. The second-order valence-electron chi connectivity index (χ2n) is 4.88. The number of amides is 1. The Labute approximate surface area is 103 Å². The normalized spacial score (nSPS) is 14.4.